The average Bonchev–Trinajstić information content (AvgIpc) is 3.28. The van der Waals surface area contributed by atoms with E-state index in [-0.39, 0.29) is 29.8 Å². The Balaban J connectivity index is 0.00000341. The Hall–Kier alpha value is -1.72. The summed E-state index contributed by atoms with van der Waals surface area (Å²) in [6.07, 6.45) is 2.61. The number of benzene rings is 2. The predicted octanol–water partition coefficient (Wildman–Crippen LogP) is 3.44. The summed E-state index contributed by atoms with van der Waals surface area (Å²) in [6.45, 7) is 4.30. The molecule has 0 spiro atoms. The molecule has 0 amide bonds. The molecule has 1 aliphatic rings. The highest BCUT2D eigenvalue weighted by atomic mass is 127. The van der Waals surface area contributed by atoms with Crippen molar-refractivity contribution in [2.45, 2.75) is 37.6 Å². The Morgan fingerprint density at radius 2 is 1.77 bits per heavy atom. The van der Waals surface area contributed by atoms with Gasteiger partial charge in [-0.25, -0.2) is 12.8 Å². The number of hydrogen-bond donors (Lipinski definition) is 2. The van der Waals surface area contributed by atoms with Gasteiger partial charge in [0.05, 0.1) is 4.90 Å². The molecule has 2 aromatic rings. The Kier molecular flexibility index (Phi) is 9.70. The van der Waals surface area contributed by atoms with Gasteiger partial charge in [-0.2, -0.15) is 4.31 Å². The fraction of sp³-hybridized carbons (Fsp3) is 0.409. The highest BCUT2D eigenvalue weighted by molar-refractivity contribution is 14.0. The molecule has 0 aliphatic carbocycles. The number of sulfonamides is 1. The van der Waals surface area contributed by atoms with Crippen molar-refractivity contribution < 1.29 is 12.8 Å². The van der Waals surface area contributed by atoms with Gasteiger partial charge in [-0.3, -0.25) is 4.99 Å². The van der Waals surface area contributed by atoms with Crippen molar-refractivity contribution in [1.82, 2.24) is 14.9 Å². The summed E-state index contributed by atoms with van der Waals surface area (Å²) in [5.41, 5.74) is 2.99. The van der Waals surface area contributed by atoms with Gasteiger partial charge in [0.2, 0.25) is 10.0 Å². The third-order valence-electron chi connectivity index (χ3n) is 5.30. The molecule has 1 fully saturated rings. The van der Waals surface area contributed by atoms with E-state index < -0.39 is 10.0 Å². The van der Waals surface area contributed by atoms with E-state index in [1.54, 1.807) is 29.6 Å². The number of guanidine groups is 1. The molecular formula is C22H30FIN4O2S. The monoisotopic (exact) mass is 560 g/mol. The zero-order valence-corrected chi connectivity index (χ0v) is 21.0. The van der Waals surface area contributed by atoms with E-state index in [0.29, 0.717) is 37.0 Å². The van der Waals surface area contributed by atoms with Gasteiger partial charge in [-0.05, 0) is 67.1 Å². The first-order chi connectivity index (χ1) is 14.4. The Morgan fingerprint density at radius 1 is 1.10 bits per heavy atom. The van der Waals surface area contributed by atoms with E-state index in [4.69, 9.17) is 0 Å². The molecule has 2 aromatic carbocycles. The minimum Gasteiger partial charge on any atom is -0.356 e. The fourth-order valence-electron chi connectivity index (χ4n) is 3.52. The third-order valence-corrected chi connectivity index (χ3v) is 7.21. The zero-order chi connectivity index (χ0) is 21.6. The Morgan fingerprint density at radius 3 is 2.39 bits per heavy atom. The van der Waals surface area contributed by atoms with Crippen LogP contribution in [0.2, 0.25) is 0 Å². The fourth-order valence-corrected chi connectivity index (χ4v) is 5.04. The van der Waals surface area contributed by atoms with Crippen molar-refractivity contribution in [3.63, 3.8) is 0 Å². The van der Waals surface area contributed by atoms with Crippen LogP contribution in [0.4, 0.5) is 4.39 Å². The van der Waals surface area contributed by atoms with Gasteiger partial charge in [0, 0.05) is 33.2 Å². The summed E-state index contributed by atoms with van der Waals surface area (Å²) in [5, 5.41) is 6.47. The smallest absolute Gasteiger partial charge is 0.243 e. The number of aliphatic imine (C=N–C) groups is 1. The molecule has 6 nitrogen and oxygen atoms in total. The summed E-state index contributed by atoms with van der Waals surface area (Å²) in [5.74, 6) is 0.435. The van der Waals surface area contributed by atoms with Crippen molar-refractivity contribution in [1.29, 1.82) is 0 Å². The molecule has 0 bridgehead atoms. The topological polar surface area (TPSA) is 73.8 Å². The molecule has 1 saturated heterocycles. The lowest BCUT2D eigenvalue weighted by Gasteiger charge is -2.16. The van der Waals surface area contributed by atoms with Crippen LogP contribution in [0.25, 0.3) is 0 Å². The quantitative estimate of drug-likeness (QED) is 0.309. The number of nitrogens with zero attached hydrogens (tertiary/aromatic N) is 2. The Bertz CT molecular complexity index is 991. The van der Waals surface area contributed by atoms with Gasteiger partial charge in [-0.1, -0.05) is 18.2 Å². The molecule has 3 rings (SSSR count). The first-order valence-corrected chi connectivity index (χ1v) is 11.6. The molecule has 1 heterocycles. The minimum absolute atomic E-state index is 0. The molecule has 2 N–H and O–H groups in total. The second-order valence-corrected chi connectivity index (χ2v) is 9.37. The predicted molar refractivity (Wildman–Crippen MR) is 133 cm³/mol. The SMILES string of the molecule is CN=C(NCCc1ccc(F)cc1C)NCc1ccc(S(=O)(=O)N2CCCC2)cc1.I. The number of nitrogens with one attached hydrogen (secondary N) is 2. The normalized spacial score (nSPS) is 14.9. The van der Waals surface area contributed by atoms with Crippen LogP contribution < -0.4 is 10.6 Å². The molecule has 170 valence electrons. The number of rotatable bonds is 7. The largest absolute Gasteiger partial charge is 0.356 e. The summed E-state index contributed by atoms with van der Waals surface area (Å²) < 4.78 is 39.9. The van der Waals surface area contributed by atoms with Gasteiger partial charge >= 0.3 is 0 Å². The molecular weight excluding hydrogens is 530 g/mol. The molecule has 0 unspecified atom stereocenters. The number of hydrogen-bond acceptors (Lipinski definition) is 3. The molecule has 9 heteroatoms. The van der Waals surface area contributed by atoms with Gasteiger partial charge in [-0.15, -0.1) is 24.0 Å². The van der Waals surface area contributed by atoms with Crippen LogP contribution in [0.15, 0.2) is 52.4 Å². The lowest BCUT2D eigenvalue weighted by atomic mass is 10.1. The maximum absolute atomic E-state index is 13.2. The van der Waals surface area contributed by atoms with Crippen molar-refractivity contribution in [2.24, 2.45) is 4.99 Å². The maximum Gasteiger partial charge on any atom is 0.243 e. The van der Waals surface area contributed by atoms with Crippen LogP contribution in [-0.4, -0.2) is 45.4 Å². The zero-order valence-electron chi connectivity index (χ0n) is 17.9. The molecule has 1 aliphatic heterocycles. The van der Waals surface area contributed by atoms with E-state index in [1.807, 2.05) is 19.1 Å². The van der Waals surface area contributed by atoms with E-state index in [0.717, 1.165) is 36.0 Å². The summed E-state index contributed by atoms with van der Waals surface area (Å²) in [4.78, 5) is 4.55. The van der Waals surface area contributed by atoms with Crippen molar-refractivity contribution in [3.8, 4) is 0 Å². The molecule has 31 heavy (non-hydrogen) atoms. The molecule has 0 aromatic heterocycles. The maximum atomic E-state index is 13.2. The molecule has 0 atom stereocenters. The van der Waals surface area contributed by atoms with Crippen LogP contribution in [0.5, 0.6) is 0 Å². The van der Waals surface area contributed by atoms with E-state index >= 15 is 0 Å². The van der Waals surface area contributed by atoms with E-state index in [9.17, 15) is 12.8 Å². The number of aryl methyl sites for hydroxylation is 1. The molecule has 0 radical (unpaired) electrons. The van der Waals surface area contributed by atoms with Gasteiger partial charge in [0.25, 0.3) is 0 Å². The molecule has 0 saturated carbocycles. The lowest BCUT2D eigenvalue weighted by molar-refractivity contribution is 0.477. The lowest BCUT2D eigenvalue weighted by Crippen LogP contribution is -2.37. The third kappa shape index (κ3) is 6.88. The second-order valence-electron chi connectivity index (χ2n) is 7.43. The summed E-state index contributed by atoms with van der Waals surface area (Å²) >= 11 is 0. The first kappa shape index (κ1) is 25.5. The summed E-state index contributed by atoms with van der Waals surface area (Å²) in [7, 11) is -1.68. The van der Waals surface area contributed by atoms with Crippen molar-refractivity contribution in [3.05, 3.63) is 65.0 Å². The van der Waals surface area contributed by atoms with Crippen molar-refractivity contribution >= 4 is 40.0 Å². The van der Waals surface area contributed by atoms with Gasteiger partial charge < -0.3 is 10.6 Å². The van der Waals surface area contributed by atoms with Gasteiger partial charge in [0.15, 0.2) is 5.96 Å². The minimum atomic E-state index is -3.38. The van der Waals surface area contributed by atoms with Crippen LogP contribution in [0.1, 0.15) is 29.5 Å². The van der Waals surface area contributed by atoms with Gasteiger partial charge in [0.1, 0.15) is 5.82 Å². The first-order valence-electron chi connectivity index (χ1n) is 10.2. The van der Waals surface area contributed by atoms with E-state index in [2.05, 4.69) is 15.6 Å². The summed E-state index contributed by atoms with van der Waals surface area (Å²) in [6, 6.07) is 11.8. The average molecular weight is 560 g/mol. The van der Waals surface area contributed by atoms with Crippen LogP contribution in [0, 0.1) is 12.7 Å². The Labute approximate surface area is 201 Å². The highest BCUT2D eigenvalue weighted by Gasteiger charge is 2.26. The highest BCUT2D eigenvalue weighted by Crippen LogP contribution is 2.21. The van der Waals surface area contributed by atoms with Crippen molar-refractivity contribution in [2.75, 3.05) is 26.7 Å². The van der Waals surface area contributed by atoms with Crippen LogP contribution in [-0.2, 0) is 23.0 Å². The number of halogens is 2. The second kappa shape index (κ2) is 11.8. The van der Waals surface area contributed by atoms with E-state index in [1.165, 1.54) is 12.1 Å². The van der Waals surface area contributed by atoms with Crippen LogP contribution in [0.3, 0.4) is 0 Å². The van der Waals surface area contributed by atoms with Crippen LogP contribution >= 0.6 is 24.0 Å². The standard InChI is InChI=1S/C22H29FN4O2S.HI/c1-17-15-20(23)8-7-19(17)11-12-25-22(24-2)26-16-18-5-9-21(10-6-18)30(28,29)27-13-3-4-14-27;/h5-10,15H,3-4,11-14,16H2,1-2H3,(H2,24,25,26);1H.